The van der Waals surface area contributed by atoms with Gasteiger partial charge in [-0.1, -0.05) is 11.6 Å². The number of Topliss-reactive ketones (excluding diaryl/α,β-unsaturated/α-hetero) is 1. The molecule has 9 nitrogen and oxygen atoms in total. The number of ether oxygens (including phenoxy) is 1. The average molecular weight is 595 g/mol. The summed E-state index contributed by atoms with van der Waals surface area (Å²) in [6.07, 6.45) is 6.75. The summed E-state index contributed by atoms with van der Waals surface area (Å²) in [5, 5.41) is 0.474. The minimum atomic E-state index is -1.15. The first-order valence-electron chi connectivity index (χ1n) is 15.4. The fourth-order valence-corrected chi connectivity index (χ4v) is 9.47. The Labute approximate surface area is 249 Å². The van der Waals surface area contributed by atoms with Gasteiger partial charge in [-0.15, -0.1) is 0 Å². The number of ketones is 1. The predicted molar refractivity (Wildman–Crippen MR) is 149 cm³/mol. The Bertz CT molecular complexity index is 1300. The first-order chi connectivity index (χ1) is 20.2. The lowest BCUT2D eigenvalue weighted by Crippen LogP contribution is -2.47. The lowest BCUT2D eigenvalue weighted by molar-refractivity contribution is -0.159. The largest absolute Gasteiger partial charge is 0.456 e. The van der Waals surface area contributed by atoms with E-state index in [1.165, 1.54) is 4.90 Å². The number of hydrogen-bond acceptors (Lipinski definition) is 7. The number of fused-ring (bicyclic) bond motifs is 10. The van der Waals surface area contributed by atoms with E-state index in [0.29, 0.717) is 35.3 Å². The third kappa shape index (κ3) is 4.33. The summed E-state index contributed by atoms with van der Waals surface area (Å²) in [7, 11) is 0. The van der Waals surface area contributed by atoms with Crippen LogP contribution in [0.4, 0.5) is 0 Å². The average Bonchev–Trinajstić information content (AvgIpc) is 3.83. The highest BCUT2D eigenvalue weighted by molar-refractivity contribution is 6.30. The van der Waals surface area contributed by atoms with Crippen LogP contribution in [-0.4, -0.2) is 64.4 Å². The number of esters is 1. The molecule has 2 aliphatic heterocycles. The number of amides is 4. The van der Waals surface area contributed by atoms with Crippen LogP contribution in [0.25, 0.3) is 0 Å². The maximum absolute atomic E-state index is 13.6. The second-order valence-electron chi connectivity index (χ2n) is 13.2. The first kappa shape index (κ1) is 27.7. The van der Waals surface area contributed by atoms with E-state index >= 15 is 0 Å². The maximum Gasteiger partial charge on any atom is 0.329 e. The molecule has 1 aromatic rings. The minimum Gasteiger partial charge on any atom is -0.456 e. The van der Waals surface area contributed by atoms with E-state index in [4.69, 9.17) is 16.3 Å². The molecule has 10 heteroatoms. The molecule has 4 saturated carbocycles. The molecule has 0 radical (unpaired) electrons. The molecule has 6 aliphatic rings. The molecule has 6 fully saturated rings. The summed E-state index contributed by atoms with van der Waals surface area (Å²) in [6.45, 7) is -0.259. The van der Waals surface area contributed by atoms with Crippen molar-refractivity contribution < 1.29 is 33.5 Å². The fraction of sp³-hybridized carbons (Fsp3) is 0.625. The van der Waals surface area contributed by atoms with Crippen molar-refractivity contribution in [3.63, 3.8) is 0 Å². The number of likely N-dealkylation sites (tertiary alicyclic amines) is 2. The quantitative estimate of drug-likeness (QED) is 0.175. The highest BCUT2D eigenvalue weighted by Gasteiger charge is 2.63. The molecule has 4 amide bonds. The van der Waals surface area contributed by atoms with Gasteiger partial charge in [0.1, 0.15) is 6.04 Å². The van der Waals surface area contributed by atoms with Crippen LogP contribution >= 0.6 is 11.6 Å². The number of unbranched alkanes of at least 4 members (excludes halogenated alkanes) is 1. The van der Waals surface area contributed by atoms with Crippen LogP contribution in [0.3, 0.4) is 0 Å². The molecule has 1 aromatic carbocycles. The smallest absolute Gasteiger partial charge is 0.329 e. The zero-order valence-electron chi connectivity index (χ0n) is 23.4. The van der Waals surface area contributed by atoms with Gasteiger partial charge in [-0.05, 0) is 106 Å². The molecular weight excluding hydrogens is 560 g/mol. The summed E-state index contributed by atoms with van der Waals surface area (Å²) in [5.41, 5.74) is 0.335. The molecule has 42 heavy (non-hydrogen) atoms. The van der Waals surface area contributed by atoms with Gasteiger partial charge in [-0.3, -0.25) is 33.8 Å². The number of carbonyl (C=O) groups excluding carboxylic acids is 6. The van der Waals surface area contributed by atoms with Crippen LogP contribution in [0.2, 0.25) is 5.02 Å². The number of carbonyl (C=O) groups is 6. The van der Waals surface area contributed by atoms with Crippen molar-refractivity contribution in [3.8, 4) is 0 Å². The molecule has 4 bridgehead atoms. The van der Waals surface area contributed by atoms with Gasteiger partial charge in [0, 0.05) is 17.1 Å². The summed E-state index contributed by atoms with van der Waals surface area (Å²) in [5.74, 6) is -2.08. The van der Waals surface area contributed by atoms with Crippen molar-refractivity contribution in [2.45, 2.75) is 63.8 Å². The number of imide groups is 2. The Morgan fingerprint density at radius 2 is 1.26 bits per heavy atom. The van der Waals surface area contributed by atoms with E-state index in [-0.39, 0.29) is 72.1 Å². The second-order valence-corrected chi connectivity index (χ2v) is 13.6. The standard InChI is InChI=1S/C32H35ClN2O7/c33-21-10-8-16(9-11-21)23(36)15-42-32(41)22(35-30(39)26-19-6-7-20(14-19)27(26)31(35)40)3-1-2-12-34-28(37)24-17-4-5-18(13-17)25(24)29(34)38/h8-11,17-20,22,24-27H,1-7,12-15H2/t17-,18+,19-,20+,22-,24-,25+,26-,27+/m0/s1. The highest BCUT2D eigenvalue weighted by atomic mass is 35.5. The van der Waals surface area contributed by atoms with Crippen molar-refractivity contribution >= 4 is 47.0 Å². The molecule has 2 heterocycles. The van der Waals surface area contributed by atoms with Crippen molar-refractivity contribution in [1.29, 1.82) is 0 Å². The van der Waals surface area contributed by atoms with Crippen LogP contribution in [0, 0.1) is 47.3 Å². The third-order valence-corrected chi connectivity index (χ3v) is 11.4. The van der Waals surface area contributed by atoms with E-state index in [2.05, 4.69) is 0 Å². The lowest BCUT2D eigenvalue weighted by Gasteiger charge is -2.26. The molecule has 0 aromatic heterocycles. The van der Waals surface area contributed by atoms with E-state index in [0.717, 1.165) is 43.4 Å². The van der Waals surface area contributed by atoms with Gasteiger partial charge in [0.25, 0.3) is 0 Å². The zero-order chi connectivity index (χ0) is 29.3. The number of rotatable bonds is 10. The van der Waals surface area contributed by atoms with Crippen LogP contribution in [0.15, 0.2) is 24.3 Å². The van der Waals surface area contributed by atoms with E-state index in [1.807, 2.05) is 0 Å². The molecule has 9 atom stereocenters. The monoisotopic (exact) mass is 594 g/mol. The molecule has 4 aliphatic carbocycles. The van der Waals surface area contributed by atoms with Gasteiger partial charge in [0.05, 0.1) is 23.7 Å². The SMILES string of the molecule is O=C(COC(=O)[C@H](CCCCN1C(=O)[C@@H]2[C@@H]3CC[C@@H](C3)[C@@H]2C1=O)N1C(=O)[C@@H]2[C@@H]3CC[C@@H](C3)[C@@H]2C1=O)c1ccc(Cl)cc1. The molecule has 2 saturated heterocycles. The minimum absolute atomic E-state index is 0.0675. The van der Waals surface area contributed by atoms with Gasteiger partial charge in [-0.2, -0.15) is 0 Å². The third-order valence-electron chi connectivity index (χ3n) is 11.2. The van der Waals surface area contributed by atoms with Gasteiger partial charge in [0.15, 0.2) is 12.4 Å². The van der Waals surface area contributed by atoms with Gasteiger partial charge >= 0.3 is 5.97 Å². The van der Waals surface area contributed by atoms with E-state index < -0.39 is 24.4 Å². The molecule has 222 valence electrons. The van der Waals surface area contributed by atoms with Gasteiger partial charge in [0.2, 0.25) is 23.6 Å². The van der Waals surface area contributed by atoms with E-state index in [9.17, 15) is 28.8 Å². The zero-order valence-corrected chi connectivity index (χ0v) is 24.2. The van der Waals surface area contributed by atoms with Crippen molar-refractivity contribution in [1.82, 2.24) is 9.80 Å². The van der Waals surface area contributed by atoms with Gasteiger partial charge < -0.3 is 4.74 Å². The molecule has 0 unspecified atom stereocenters. The van der Waals surface area contributed by atoms with Crippen molar-refractivity contribution in [3.05, 3.63) is 34.9 Å². The summed E-state index contributed by atoms with van der Waals surface area (Å²) in [4.78, 5) is 81.8. The van der Waals surface area contributed by atoms with Crippen LogP contribution in [-0.2, 0) is 28.7 Å². The summed E-state index contributed by atoms with van der Waals surface area (Å²) in [6, 6.07) is 5.08. The topological polar surface area (TPSA) is 118 Å². The maximum atomic E-state index is 13.6. The molecule has 7 rings (SSSR count). The molecule has 0 N–H and O–H groups in total. The summed E-state index contributed by atoms with van der Waals surface area (Å²) >= 11 is 5.90. The summed E-state index contributed by atoms with van der Waals surface area (Å²) < 4.78 is 5.41. The normalized spacial score (nSPS) is 34.9. The Morgan fingerprint density at radius 3 is 1.79 bits per heavy atom. The Balaban J connectivity index is 1.02. The highest BCUT2D eigenvalue weighted by Crippen LogP contribution is 2.57. The van der Waals surface area contributed by atoms with Crippen LogP contribution in [0.1, 0.15) is 68.1 Å². The number of halogens is 1. The van der Waals surface area contributed by atoms with Crippen molar-refractivity contribution in [2.75, 3.05) is 13.2 Å². The Hall–Kier alpha value is -3.07. The number of nitrogens with zero attached hydrogens (tertiary/aromatic N) is 2. The Kier molecular flexibility index (Phi) is 6.99. The fourth-order valence-electron chi connectivity index (χ4n) is 9.34. The lowest BCUT2D eigenvalue weighted by atomic mass is 9.81. The predicted octanol–water partition coefficient (Wildman–Crippen LogP) is 3.67. The second kappa shape index (κ2) is 10.6. The van der Waals surface area contributed by atoms with Crippen LogP contribution in [0.5, 0.6) is 0 Å². The Morgan fingerprint density at radius 1 is 0.762 bits per heavy atom. The number of benzene rings is 1. The number of hydrogen-bond donors (Lipinski definition) is 0. The molecule has 0 spiro atoms. The van der Waals surface area contributed by atoms with Gasteiger partial charge in [-0.25, -0.2) is 4.79 Å². The molecular formula is C32H35ClN2O7. The van der Waals surface area contributed by atoms with E-state index in [1.54, 1.807) is 24.3 Å². The van der Waals surface area contributed by atoms with Crippen LogP contribution < -0.4 is 0 Å². The van der Waals surface area contributed by atoms with Crippen molar-refractivity contribution in [2.24, 2.45) is 47.3 Å². The first-order valence-corrected chi connectivity index (χ1v) is 15.8.